The number of hydrogen-bond acceptors (Lipinski definition) is 5. The van der Waals surface area contributed by atoms with Gasteiger partial charge in [-0.2, -0.15) is 0 Å². The zero-order valence-corrected chi connectivity index (χ0v) is 18.5. The molecule has 1 aromatic carbocycles. The molecule has 0 saturated heterocycles. The minimum atomic E-state index is -1.24. The van der Waals surface area contributed by atoms with E-state index in [4.69, 9.17) is 4.74 Å². The van der Waals surface area contributed by atoms with Crippen LogP contribution in [0.3, 0.4) is 0 Å². The Balaban J connectivity index is 2.87. The van der Waals surface area contributed by atoms with Crippen LogP contribution in [0.15, 0.2) is 18.2 Å². The van der Waals surface area contributed by atoms with Crippen LogP contribution in [0.2, 0.25) is 0 Å². The third-order valence-electron chi connectivity index (χ3n) is 4.31. The predicted octanol–water partition coefficient (Wildman–Crippen LogP) is 2.76. The summed E-state index contributed by atoms with van der Waals surface area (Å²) >= 11 is 0. The lowest BCUT2D eigenvalue weighted by Gasteiger charge is -2.23. The van der Waals surface area contributed by atoms with Crippen molar-refractivity contribution < 1.29 is 33.4 Å². The number of nitrogens with one attached hydrogen (secondary N) is 3. The molecule has 0 aliphatic carbocycles. The van der Waals surface area contributed by atoms with Crippen molar-refractivity contribution in [3.8, 4) is 0 Å². The minimum Gasteiger partial charge on any atom is -0.480 e. The number of amides is 3. The number of aliphatic carboxylic acids is 1. The van der Waals surface area contributed by atoms with Crippen molar-refractivity contribution in [2.75, 3.05) is 5.32 Å². The zero-order valence-electron chi connectivity index (χ0n) is 18.5. The molecule has 0 bridgehead atoms. The van der Waals surface area contributed by atoms with E-state index in [9.17, 15) is 28.7 Å². The second kappa shape index (κ2) is 10.7. The van der Waals surface area contributed by atoms with E-state index >= 15 is 0 Å². The molecule has 1 rings (SSSR count). The van der Waals surface area contributed by atoms with E-state index in [1.54, 1.807) is 34.6 Å². The summed E-state index contributed by atoms with van der Waals surface area (Å²) in [5.41, 5.74) is -0.536. The molecule has 3 atom stereocenters. The number of halogens is 1. The zero-order chi connectivity index (χ0) is 23.9. The second-order valence-corrected chi connectivity index (χ2v) is 8.12. The SMILES string of the molecule is CCC(=O)N[C@@H](C(=O)O)[C@@H](C)c1ccc(NC(=O)C(C)NC(=O)OC(C)(C)C)c(F)c1. The Morgan fingerprint density at radius 2 is 1.74 bits per heavy atom. The first-order valence-electron chi connectivity index (χ1n) is 9.87. The Morgan fingerprint density at radius 1 is 1.13 bits per heavy atom. The number of carboxylic acids is 1. The number of hydrogen-bond donors (Lipinski definition) is 4. The predicted molar refractivity (Wildman–Crippen MR) is 112 cm³/mol. The maximum absolute atomic E-state index is 14.6. The molecule has 0 aliphatic heterocycles. The van der Waals surface area contributed by atoms with Crippen LogP contribution in [0.4, 0.5) is 14.9 Å². The van der Waals surface area contributed by atoms with E-state index in [2.05, 4.69) is 16.0 Å². The molecule has 0 fully saturated rings. The Morgan fingerprint density at radius 3 is 2.23 bits per heavy atom. The van der Waals surface area contributed by atoms with Gasteiger partial charge in [0.15, 0.2) is 0 Å². The fourth-order valence-electron chi connectivity index (χ4n) is 2.58. The van der Waals surface area contributed by atoms with Crippen LogP contribution in [-0.4, -0.2) is 46.7 Å². The summed E-state index contributed by atoms with van der Waals surface area (Å²) in [6.07, 6.45) is -0.667. The van der Waals surface area contributed by atoms with Gasteiger partial charge >= 0.3 is 12.1 Å². The lowest BCUT2D eigenvalue weighted by atomic mass is 9.92. The fourth-order valence-corrected chi connectivity index (χ4v) is 2.58. The number of anilines is 1. The van der Waals surface area contributed by atoms with E-state index < -0.39 is 53.3 Å². The first kappa shape index (κ1) is 25.9. The number of ether oxygens (including phenoxy) is 1. The molecule has 31 heavy (non-hydrogen) atoms. The van der Waals surface area contributed by atoms with Crippen molar-refractivity contribution in [3.05, 3.63) is 29.6 Å². The average molecular weight is 439 g/mol. The van der Waals surface area contributed by atoms with E-state index in [-0.39, 0.29) is 12.1 Å². The molecular formula is C21H30FN3O6. The fraction of sp³-hybridized carbons (Fsp3) is 0.524. The summed E-state index contributed by atoms with van der Waals surface area (Å²) in [5, 5.41) is 16.5. The molecule has 0 spiro atoms. The van der Waals surface area contributed by atoms with Gasteiger partial charge in [-0.1, -0.05) is 19.9 Å². The van der Waals surface area contributed by atoms with Gasteiger partial charge in [0.25, 0.3) is 0 Å². The maximum atomic E-state index is 14.6. The first-order chi connectivity index (χ1) is 14.2. The highest BCUT2D eigenvalue weighted by molar-refractivity contribution is 5.96. The van der Waals surface area contributed by atoms with E-state index in [0.717, 1.165) is 6.07 Å². The van der Waals surface area contributed by atoms with Gasteiger partial charge in [0, 0.05) is 12.3 Å². The van der Waals surface area contributed by atoms with Crippen LogP contribution in [0, 0.1) is 5.82 Å². The molecule has 1 unspecified atom stereocenters. The third kappa shape index (κ3) is 8.23. The Bertz CT molecular complexity index is 837. The molecular weight excluding hydrogens is 409 g/mol. The highest BCUT2D eigenvalue weighted by Crippen LogP contribution is 2.24. The van der Waals surface area contributed by atoms with Crippen LogP contribution in [-0.2, 0) is 19.1 Å². The van der Waals surface area contributed by atoms with Gasteiger partial charge in [-0.25, -0.2) is 14.0 Å². The van der Waals surface area contributed by atoms with Gasteiger partial charge in [-0.3, -0.25) is 9.59 Å². The molecule has 0 aromatic heterocycles. The van der Waals surface area contributed by atoms with Gasteiger partial charge < -0.3 is 25.8 Å². The van der Waals surface area contributed by atoms with Crippen LogP contribution >= 0.6 is 0 Å². The van der Waals surface area contributed by atoms with E-state index in [0.29, 0.717) is 5.56 Å². The lowest BCUT2D eigenvalue weighted by molar-refractivity contribution is -0.142. The topological polar surface area (TPSA) is 134 Å². The van der Waals surface area contributed by atoms with E-state index in [1.807, 2.05) is 0 Å². The molecule has 0 aliphatic rings. The van der Waals surface area contributed by atoms with Crippen molar-refractivity contribution in [3.63, 3.8) is 0 Å². The summed E-state index contributed by atoms with van der Waals surface area (Å²) in [6.45, 7) is 9.60. The van der Waals surface area contributed by atoms with Crippen molar-refractivity contribution >= 4 is 29.6 Å². The molecule has 9 nitrogen and oxygen atoms in total. The number of benzene rings is 1. The third-order valence-corrected chi connectivity index (χ3v) is 4.31. The quantitative estimate of drug-likeness (QED) is 0.492. The number of rotatable bonds is 8. The second-order valence-electron chi connectivity index (χ2n) is 8.12. The van der Waals surface area contributed by atoms with Gasteiger partial charge in [0.2, 0.25) is 11.8 Å². The monoisotopic (exact) mass is 439 g/mol. The summed E-state index contributed by atoms with van der Waals surface area (Å²) in [5.74, 6) is -3.85. The van der Waals surface area contributed by atoms with Crippen LogP contribution in [0.5, 0.6) is 0 Å². The van der Waals surface area contributed by atoms with Crippen molar-refractivity contribution in [1.29, 1.82) is 0 Å². The first-order valence-corrected chi connectivity index (χ1v) is 9.87. The summed E-state index contributed by atoms with van der Waals surface area (Å²) in [4.78, 5) is 47.1. The summed E-state index contributed by atoms with van der Waals surface area (Å²) in [6, 6.07) is 1.63. The highest BCUT2D eigenvalue weighted by Gasteiger charge is 2.28. The molecule has 0 radical (unpaired) electrons. The van der Waals surface area contributed by atoms with Crippen LogP contribution in [0.1, 0.15) is 59.4 Å². The molecule has 4 N–H and O–H groups in total. The highest BCUT2D eigenvalue weighted by atomic mass is 19.1. The molecule has 10 heteroatoms. The maximum Gasteiger partial charge on any atom is 0.408 e. The van der Waals surface area contributed by atoms with Crippen molar-refractivity contribution in [2.24, 2.45) is 0 Å². The summed E-state index contributed by atoms with van der Waals surface area (Å²) in [7, 11) is 0. The standard InChI is InChI=1S/C21H30FN3O6/c1-7-16(26)25-17(19(28)29)11(2)13-8-9-15(14(22)10-13)24-18(27)12(3)23-20(30)31-21(4,5)6/h8-12,17H,7H2,1-6H3,(H,23,30)(H,24,27)(H,25,26)(H,28,29)/t11-,12?,17+/m0/s1. The normalized spacial score (nSPS) is 14.0. The number of alkyl carbamates (subject to hydrolysis) is 1. The Kier molecular flexibility index (Phi) is 8.96. The average Bonchev–Trinajstić information content (AvgIpc) is 2.64. The van der Waals surface area contributed by atoms with Crippen LogP contribution in [0.25, 0.3) is 0 Å². The van der Waals surface area contributed by atoms with Gasteiger partial charge in [-0.15, -0.1) is 0 Å². The Labute approximate surface area is 180 Å². The van der Waals surface area contributed by atoms with Crippen molar-refractivity contribution in [1.82, 2.24) is 10.6 Å². The number of carbonyl (C=O) groups excluding carboxylic acids is 3. The molecule has 0 saturated carbocycles. The molecule has 3 amide bonds. The molecule has 0 heterocycles. The molecule has 1 aromatic rings. The number of carboxylic acid groups (broad SMARTS) is 1. The molecule has 172 valence electrons. The summed E-state index contributed by atoms with van der Waals surface area (Å²) < 4.78 is 19.6. The van der Waals surface area contributed by atoms with Crippen molar-refractivity contribution in [2.45, 2.75) is 71.6 Å². The minimum absolute atomic E-state index is 0.116. The smallest absolute Gasteiger partial charge is 0.408 e. The Hall–Kier alpha value is -3.17. The van der Waals surface area contributed by atoms with Gasteiger partial charge in [-0.05, 0) is 45.4 Å². The van der Waals surface area contributed by atoms with Gasteiger partial charge in [0.05, 0.1) is 5.69 Å². The van der Waals surface area contributed by atoms with Gasteiger partial charge in [0.1, 0.15) is 23.5 Å². The number of carbonyl (C=O) groups is 4. The largest absolute Gasteiger partial charge is 0.480 e. The van der Waals surface area contributed by atoms with Crippen LogP contribution < -0.4 is 16.0 Å². The van der Waals surface area contributed by atoms with E-state index in [1.165, 1.54) is 19.1 Å². The lowest BCUT2D eigenvalue weighted by Crippen LogP contribution is -2.44.